The van der Waals surface area contributed by atoms with E-state index in [9.17, 15) is 0 Å². The van der Waals surface area contributed by atoms with E-state index in [-0.39, 0.29) is 0 Å². The molecule has 3 heteroatoms. The molecule has 0 heterocycles. The molecular weight excluding hydrogens is 708 g/mol. The Morgan fingerprint density at radius 2 is 0.619 bits per heavy atom. The van der Waals surface area contributed by atoms with Crippen LogP contribution in [0.25, 0.3) is 0 Å². The van der Waals surface area contributed by atoms with Crippen LogP contribution in [-0.4, -0.2) is 0 Å². The van der Waals surface area contributed by atoms with E-state index >= 15 is 0 Å². The van der Waals surface area contributed by atoms with Crippen molar-refractivity contribution in [2.24, 2.45) is 0 Å². The molecule has 0 saturated heterocycles. The first-order valence-corrected chi connectivity index (χ1v) is 18.2. The molecule has 0 N–H and O–H groups in total. The molecule has 0 aliphatic rings. The van der Waals surface area contributed by atoms with Gasteiger partial charge >= 0.3 is 0 Å². The molecular formula is C39H45Br3. The number of hydrogen-bond donors (Lipinski definition) is 0. The van der Waals surface area contributed by atoms with E-state index in [0.29, 0.717) is 17.8 Å². The maximum absolute atomic E-state index is 3.67. The molecule has 4 rings (SSSR count). The molecule has 0 amide bonds. The SMILES string of the molecule is CCCCC(c1ccc(Br)cc1)c1cc(C(CCCC)c2ccc(Br)cc2)cc(C(CCCC)c2ccc(Br)cc2)c1. The number of unbranched alkanes of at least 4 members (excludes halogenated alkanes) is 3. The van der Waals surface area contributed by atoms with Crippen molar-refractivity contribution in [2.75, 3.05) is 0 Å². The fourth-order valence-corrected chi connectivity index (χ4v) is 6.99. The van der Waals surface area contributed by atoms with Crippen LogP contribution in [0.1, 0.15) is 130 Å². The fourth-order valence-electron chi connectivity index (χ4n) is 6.19. The monoisotopic (exact) mass is 750 g/mol. The van der Waals surface area contributed by atoms with Crippen molar-refractivity contribution in [3.63, 3.8) is 0 Å². The van der Waals surface area contributed by atoms with Gasteiger partial charge in [-0.3, -0.25) is 0 Å². The van der Waals surface area contributed by atoms with Crippen LogP contribution in [0.5, 0.6) is 0 Å². The summed E-state index contributed by atoms with van der Waals surface area (Å²) in [5, 5.41) is 0. The van der Waals surface area contributed by atoms with Crippen LogP contribution in [0.4, 0.5) is 0 Å². The van der Waals surface area contributed by atoms with Crippen molar-refractivity contribution in [2.45, 2.75) is 96.3 Å². The van der Waals surface area contributed by atoms with E-state index in [0.717, 1.165) is 32.7 Å². The lowest BCUT2D eigenvalue weighted by molar-refractivity contribution is 0.626. The molecule has 0 bridgehead atoms. The Labute approximate surface area is 280 Å². The van der Waals surface area contributed by atoms with Crippen molar-refractivity contribution in [3.8, 4) is 0 Å². The molecule has 0 aromatic heterocycles. The van der Waals surface area contributed by atoms with Crippen LogP contribution in [0.3, 0.4) is 0 Å². The van der Waals surface area contributed by atoms with E-state index in [1.807, 2.05) is 0 Å². The van der Waals surface area contributed by atoms with Crippen molar-refractivity contribution in [3.05, 3.63) is 138 Å². The van der Waals surface area contributed by atoms with E-state index in [1.54, 1.807) is 0 Å². The highest BCUT2D eigenvalue weighted by atomic mass is 79.9. The van der Waals surface area contributed by atoms with Crippen LogP contribution in [0.2, 0.25) is 0 Å². The molecule has 42 heavy (non-hydrogen) atoms. The van der Waals surface area contributed by atoms with Crippen molar-refractivity contribution in [1.29, 1.82) is 0 Å². The summed E-state index contributed by atoms with van der Waals surface area (Å²) in [6.45, 7) is 6.93. The van der Waals surface area contributed by atoms with Gasteiger partial charge < -0.3 is 0 Å². The summed E-state index contributed by atoms with van der Waals surface area (Å²) in [6.07, 6.45) is 10.8. The first-order valence-electron chi connectivity index (χ1n) is 15.8. The largest absolute Gasteiger partial charge is 0.0654 e. The molecule has 0 radical (unpaired) electrons. The summed E-state index contributed by atoms with van der Waals surface area (Å²) >= 11 is 11.0. The smallest absolute Gasteiger partial charge is 0.0175 e. The van der Waals surface area contributed by atoms with E-state index in [1.165, 1.54) is 71.9 Å². The van der Waals surface area contributed by atoms with Crippen LogP contribution in [0.15, 0.2) is 104 Å². The minimum absolute atomic E-state index is 0.380. The highest BCUT2D eigenvalue weighted by Gasteiger charge is 2.23. The Hall–Kier alpha value is -1.68. The van der Waals surface area contributed by atoms with Gasteiger partial charge in [-0.05, 0) is 89.0 Å². The van der Waals surface area contributed by atoms with Gasteiger partial charge in [0.05, 0.1) is 0 Å². The van der Waals surface area contributed by atoms with Crippen molar-refractivity contribution in [1.82, 2.24) is 0 Å². The molecule has 0 spiro atoms. The number of hydrogen-bond acceptors (Lipinski definition) is 0. The van der Waals surface area contributed by atoms with Gasteiger partial charge in [0.25, 0.3) is 0 Å². The summed E-state index contributed by atoms with van der Waals surface area (Å²) in [7, 11) is 0. The normalized spacial score (nSPS) is 13.6. The molecule has 4 aromatic rings. The maximum Gasteiger partial charge on any atom is 0.0175 e. The zero-order valence-electron chi connectivity index (χ0n) is 25.4. The van der Waals surface area contributed by atoms with E-state index in [4.69, 9.17) is 0 Å². The summed E-state index contributed by atoms with van der Waals surface area (Å²) < 4.78 is 3.42. The minimum Gasteiger partial charge on any atom is -0.0654 e. The standard InChI is InChI=1S/C39H45Br3/c1-4-7-10-37(28-13-19-34(40)20-14-28)31-25-32(38(11-8-5-2)29-15-21-35(41)22-16-29)27-33(26-31)39(12-9-6-3)30-17-23-36(42)24-18-30/h13-27,37-39H,4-12H2,1-3H3. The molecule has 0 nitrogen and oxygen atoms in total. The summed E-state index contributed by atoms with van der Waals surface area (Å²) in [4.78, 5) is 0. The van der Waals surface area contributed by atoms with Gasteiger partial charge in [0.15, 0.2) is 0 Å². The molecule has 3 atom stereocenters. The number of halogens is 3. The second-order valence-corrected chi connectivity index (χ2v) is 14.4. The van der Waals surface area contributed by atoms with Crippen LogP contribution < -0.4 is 0 Å². The third kappa shape index (κ3) is 9.16. The number of rotatable bonds is 15. The number of benzene rings is 4. The van der Waals surface area contributed by atoms with Gasteiger partial charge in [0.2, 0.25) is 0 Å². The average molecular weight is 754 g/mol. The highest BCUT2D eigenvalue weighted by molar-refractivity contribution is 9.11. The first kappa shape index (κ1) is 33.2. The van der Waals surface area contributed by atoms with Gasteiger partial charge in [-0.15, -0.1) is 0 Å². The Morgan fingerprint density at radius 1 is 0.381 bits per heavy atom. The third-order valence-corrected chi connectivity index (χ3v) is 10.1. The van der Waals surface area contributed by atoms with Gasteiger partial charge in [-0.25, -0.2) is 0 Å². The van der Waals surface area contributed by atoms with Gasteiger partial charge in [0.1, 0.15) is 0 Å². The lowest BCUT2D eigenvalue weighted by Crippen LogP contribution is -2.10. The Bertz CT molecular complexity index is 1170. The zero-order chi connectivity index (χ0) is 29.9. The Kier molecular flexibility index (Phi) is 13.4. The second-order valence-electron chi connectivity index (χ2n) is 11.7. The third-order valence-electron chi connectivity index (χ3n) is 8.56. The summed E-state index contributed by atoms with van der Waals surface area (Å²) in [5.41, 5.74) is 8.65. The molecule has 0 saturated carbocycles. The molecule has 0 fully saturated rings. The lowest BCUT2D eigenvalue weighted by atomic mass is 9.78. The van der Waals surface area contributed by atoms with E-state index in [2.05, 4.69) is 160 Å². The van der Waals surface area contributed by atoms with Crippen LogP contribution in [-0.2, 0) is 0 Å². The molecule has 222 valence electrons. The topological polar surface area (TPSA) is 0 Å². The summed E-state index contributed by atoms with van der Waals surface area (Å²) in [6, 6.07) is 34.9. The Balaban J connectivity index is 1.92. The molecule has 3 unspecified atom stereocenters. The van der Waals surface area contributed by atoms with Crippen molar-refractivity contribution >= 4 is 47.8 Å². The van der Waals surface area contributed by atoms with Crippen LogP contribution in [0, 0.1) is 0 Å². The fraction of sp³-hybridized carbons (Fsp3) is 0.385. The second kappa shape index (κ2) is 17.0. The van der Waals surface area contributed by atoms with Gasteiger partial charge in [-0.1, -0.05) is 162 Å². The lowest BCUT2D eigenvalue weighted by Gasteiger charge is -2.27. The average Bonchev–Trinajstić information content (AvgIpc) is 3.00. The highest BCUT2D eigenvalue weighted by Crippen LogP contribution is 2.40. The van der Waals surface area contributed by atoms with Gasteiger partial charge in [0, 0.05) is 31.2 Å². The van der Waals surface area contributed by atoms with Crippen molar-refractivity contribution < 1.29 is 0 Å². The Morgan fingerprint density at radius 3 is 0.833 bits per heavy atom. The minimum atomic E-state index is 0.380. The molecule has 4 aromatic carbocycles. The predicted octanol–water partition coefficient (Wildman–Crippen LogP) is 13.9. The maximum atomic E-state index is 3.67. The van der Waals surface area contributed by atoms with Crippen LogP contribution >= 0.6 is 47.8 Å². The summed E-state index contributed by atoms with van der Waals surface area (Å²) in [5.74, 6) is 1.14. The zero-order valence-corrected chi connectivity index (χ0v) is 30.1. The first-order chi connectivity index (χ1) is 20.4. The quantitative estimate of drug-likeness (QED) is 0.113. The van der Waals surface area contributed by atoms with Gasteiger partial charge in [-0.2, -0.15) is 0 Å². The molecule has 0 aliphatic heterocycles. The predicted molar refractivity (Wildman–Crippen MR) is 193 cm³/mol. The molecule has 0 aliphatic carbocycles. The van der Waals surface area contributed by atoms with E-state index < -0.39 is 0 Å².